The summed E-state index contributed by atoms with van der Waals surface area (Å²) < 4.78 is 16.1. The molecule has 1 N–H and O–H groups in total. The highest BCUT2D eigenvalue weighted by Crippen LogP contribution is 2.46. The first kappa shape index (κ1) is 30.2. The van der Waals surface area contributed by atoms with E-state index >= 15 is 0 Å². The van der Waals surface area contributed by atoms with E-state index in [4.69, 9.17) is 14.2 Å². The zero-order chi connectivity index (χ0) is 30.3. The van der Waals surface area contributed by atoms with Crippen LogP contribution in [-0.4, -0.2) is 59.5 Å². The van der Waals surface area contributed by atoms with Crippen molar-refractivity contribution >= 4 is 47.3 Å². The van der Waals surface area contributed by atoms with Crippen LogP contribution in [0, 0.1) is 0 Å². The Morgan fingerprint density at radius 2 is 1.65 bits per heavy atom. The topological polar surface area (TPSA) is 111 Å². The molecule has 0 aromatic heterocycles. The number of nitrogens with one attached hydrogen (secondary N) is 1. The Labute approximate surface area is 257 Å². The molecule has 3 aromatic rings. The minimum absolute atomic E-state index is 0.0131. The molecule has 5 rings (SSSR count). The van der Waals surface area contributed by atoms with Gasteiger partial charge in [0.05, 0.1) is 25.7 Å². The predicted molar refractivity (Wildman–Crippen MR) is 163 cm³/mol. The molecule has 43 heavy (non-hydrogen) atoms. The van der Waals surface area contributed by atoms with Gasteiger partial charge in [0, 0.05) is 15.6 Å². The zero-order valence-corrected chi connectivity index (χ0v) is 25.2. The van der Waals surface area contributed by atoms with Crippen LogP contribution in [0.25, 0.3) is 0 Å². The maximum atomic E-state index is 13.6. The second kappa shape index (κ2) is 13.8. The van der Waals surface area contributed by atoms with E-state index in [9.17, 15) is 19.2 Å². The van der Waals surface area contributed by atoms with Crippen molar-refractivity contribution < 1.29 is 33.4 Å². The number of hydrogen-bond acceptors (Lipinski definition) is 9. The number of ether oxygens (including phenoxy) is 3. The number of amides is 2. The summed E-state index contributed by atoms with van der Waals surface area (Å²) in [6.07, 6.45) is 0.139. The average Bonchev–Trinajstić information content (AvgIpc) is 3.03. The number of β-lactam (4-membered cyclic amide) rings is 1. The summed E-state index contributed by atoms with van der Waals surface area (Å²) in [5, 5.41) is 2.37. The van der Waals surface area contributed by atoms with Crippen LogP contribution >= 0.6 is 23.5 Å². The molecular formula is C32H30N2O7S2. The largest absolute Gasteiger partial charge is 0.497 e. The molecule has 2 heterocycles. The van der Waals surface area contributed by atoms with Crippen LogP contribution in [0.2, 0.25) is 0 Å². The summed E-state index contributed by atoms with van der Waals surface area (Å²) in [4.78, 5) is 55.0. The highest BCUT2D eigenvalue weighted by molar-refractivity contribution is 8.06. The van der Waals surface area contributed by atoms with Crippen molar-refractivity contribution in [2.75, 3.05) is 19.5 Å². The molecule has 3 aromatic carbocycles. The summed E-state index contributed by atoms with van der Waals surface area (Å²) in [5.74, 6) is -0.769. The lowest BCUT2D eigenvalue weighted by Crippen LogP contribution is -2.70. The fourth-order valence-electron chi connectivity index (χ4n) is 4.67. The molecule has 2 aliphatic rings. The van der Waals surface area contributed by atoms with Gasteiger partial charge in [-0.25, -0.2) is 9.59 Å². The van der Waals surface area contributed by atoms with Crippen LogP contribution in [0.1, 0.15) is 28.4 Å². The first-order valence-corrected chi connectivity index (χ1v) is 15.5. The first-order valence-electron chi connectivity index (χ1n) is 13.6. The average molecular weight is 619 g/mol. The number of fused-ring (bicyclic) bond motifs is 1. The first-order chi connectivity index (χ1) is 20.9. The molecule has 1 saturated heterocycles. The Balaban J connectivity index is 1.39. The maximum Gasteiger partial charge on any atom is 0.356 e. The van der Waals surface area contributed by atoms with Gasteiger partial charge in [0.15, 0.2) is 0 Å². The molecule has 2 amide bonds. The van der Waals surface area contributed by atoms with E-state index in [0.717, 1.165) is 11.1 Å². The Hall–Kier alpha value is -4.22. The minimum Gasteiger partial charge on any atom is -0.497 e. The van der Waals surface area contributed by atoms with Crippen LogP contribution in [-0.2, 0) is 36.9 Å². The van der Waals surface area contributed by atoms with Crippen LogP contribution in [0.15, 0.2) is 94.4 Å². The lowest BCUT2D eigenvalue weighted by atomic mass is 10.0. The molecule has 222 valence electrons. The van der Waals surface area contributed by atoms with Gasteiger partial charge in [-0.1, -0.05) is 66.4 Å². The number of carbonyl (C=O) groups excluding carboxylic acids is 4. The van der Waals surface area contributed by atoms with E-state index in [1.807, 2.05) is 30.3 Å². The van der Waals surface area contributed by atoms with Gasteiger partial charge in [-0.2, -0.15) is 0 Å². The van der Waals surface area contributed by atoms with Crippen molar-refractivity contribution in [2.24, 2.45) is 0 Å². The van der Waals surface area contributed by atoms with Crippen molar-refractivity contribution in [3.05, 3.63) is 106 Å². The van der Waals surface area contributed by atoms with Gasteiger partial charge >= 0.3 is 11.9 Å². The monoisotopic (exact) mass is 618 g/mol. The quantitative estimate of drug-likeness (QED) is 0.244. The molecule has 2 atom stereocenters. The summed E-state index contributed by atoms with van der Waals surface area (Å²) in [7, 11) is 1.57. The molecule has 0 bridgehead atoms. The van der Waals surface area contributed by atoms with Gasteiger partial charge in [-0.05, 0) is 42.3 Å². The van der Waals surface area contributed by atoms with Gasteiger partial charge in [0.2, 0.25) is 5.91 Å². The molecule has 1 fully saturated rings. The van der Waals surface area contributed by atoms with E-state index < -0.39 is 29.3 Å². The molecule has 0 radical (unpaired) electrons. The Kier molecular flexibility index (Phi) is 9.73. The van der Waals surface area contributed by atoms with E-state index in [2.05, 4.69) is 5.32 Å². The van der Waals surface area contributed by atoms with Crippen molar-refractivity contribution in [3.63, 3.8) is 0 Å². The van der Waals surface area contributed by atoms with Gasteiger partial charge in [0.1, 0.15) is 29.5 Å². The summed E-state index contributed by atoms with van der Waals surface area (Å²) in [5.41, 5.74) is 2.06. The standard InChI is InChI=1S/C32H30N2O7S2/c1-3-40-31(37)23-11-7-8-12-24(23)43-25-19-42-30-27(33-26(35)17-20-9-5-4-6-10-20)29(36)34(30)28(25)32(38)41-18-21-13-15-22(39-2)16-14-21/h4-16,27,30H,3,17-19H2,1-2H3,(H,33,35)/t27-,30-/m1/s1. The summed E-state index contributed by atoms with van der Waals surface area (Å²) in [6.45, 7) is 1.94. The lowest BCUT2D eigenvalue weighted by Gasteiger charge is -2.49. The number of methoxy groups -OCH3 is 1. The lowest BCUT2D eigenvalue weighted by molar-refractivity contribution is -0.153. The van der Waals surface area contributed by atoms with Crippen LogP contribution in [0.5, 0.6) is 5.75 Å². The molecule has 11 heteroatoms. The Morgan fingerprint density at radius 3 is 2.37 bits per heavy atom. The third-order valence-corrected chi connectivity index (χ3v) is 9.42. The number of rotatable bonds is 11. The smallest absolute Gasteiger partial charge is 0.356 e. The SMILES string of the molecule is CCOC(=O)c1ccccc1SC1=C(C(=O)OCc2ccc(OC)cc2)N2C(=O)[C@@H](NC(=O)Cc3ccccc3)[C@H]2SC1. The number of benzene rings is 3. The molecule has 9 nitrogen and oxygen atoms in total. The fraction of sp³-hybridized carbons (Fsp3) is 0.250. The van der Waals surface area contributed by atoms with Crippen molar-refractivity contribution in [1.82, 2.24) is 10.2 Å². The summed E-state index contributed by atoms with van der Waals surface area (Å²) in [6, 6.07) is 22.6. The fourth-order valence-corrected chi connectivity index (χ4v) is 7.26. The Morgan fingerprint density at radius 1 is 0.930 bits per heavy atom. The minimum atomic E-state index is -0.774. The number of thioether (sulfide) groups is 2. The van der Waals surface area contributed by atoms with Crippen LogP contribution in [0.3, 0.4) is 0 Å². The number of esters is 2. The molecule has 2 aliphatic heterocycles. The van der Waals surface area contributed by atoms with Gasteiger partial charge in [-0.15, -0.1) is 11.8 Å². The Bertz CT molecular complexity index is 1540. The molecule has 0 aliphatic carbocycles. The third-order valence-electron chi connectivity index (χ3n) is 6.80. The van der Waals surface area contributed by atoms with Crippen molar-refractivity contribution in [3.8, 4) is 5.75 Å². The van der Waals surface area contributed by atoms with E-state index in [1.165, 1.54) is 28.4 Å². The van der Waals surface area contributed by atoms with Crippen LogP contribution < -0.4 is 10.1 Å². The third kappa shape index (κ3) is 6.89. The molecule has 0 saturated carbocycles. The van der Waals surface area contributed by atoms with Gasteiger partial charge in [0.25, 0.3) is 5.91 Å². The molecule has 0 unspecified atom stereocenters. The van der Waals surface area contributed by atoms with Crippen LogP contribution in [0.4, 0.5) is 0 Å². The summed E-state index contributed by atoms with van der Waals surface area (Å²) >= 11 is 2.66. The second-order valence-corrected chi connectivity index (χ2v) is 11.9. The number of nitrogens with zero attached hydrogens (tertiary/aromatic N) is 1. The normalized spacial score (nSPS) is 17.4. The zero-order valence-electron chi connectivity index (χ0n) is 23.6. The molecular weight excluding hydrogens is 588 g/mol. The number of hydrogen-bond donors (Lipinski definition) is 1. The maximum absolute atomic E-state index is 13.6. The second-order valence-electron chi connectivity index (χ2n) is 9.63. The van der Waals surface area contributed by atoms with E-state index in [1.54, 1.807) is 62.6 Å². The van der Waals surface area contributed by atoms with Gasteiger partial charge < -0.3 is 19.5 Å². The predicted octanol–water partition coefficient (Wildman–Crippen LogP) is 4.56. The highest BCUT2D eigenvalue weighted by atomic mass is 32.2. The number of carbonyl (C=O) groups is 4. The van der Waals surface area contributed by atoms with E-state index in [-0.39, 0.29) is 31.2 Å². The van der Waals surface area contributed by atoms with Gasteiger partial charge in [-0.3, -0.25) is 14.5 Å². The van der Waals surface area contributed by atoms with Crippen molar-refractivity contribution in [1.29, 1.82) is 0 Å². The van der Waals surface area contributed by atoms with Crippen molar-refractivity contribution in [2.45, 2.75) is 36.3 Å². The highest BCUT2D eigenvalue weighted by Gasteiger charge is 2.54. The molecule has 0 spiro atoms. The van der Waals surface area contributed by atoms with E-state index in [0.29, 0.717) is 26.9 Å².